The molecule has 1 saturated heterocycles. The van der Waals surface area contributed by atoms with Crippen LogP contribution in [0, 0.1) is 5.82 Å². The molecular formula is C23H25FN4O4. The van der Waals surface area contributed by atoms with Crippen molar-refractivity contribution in [3.8, 4) is 0 Å². The molecule has 0 aliphatic carbocycles. The highest BCUT2D eigenvalue weighted by atomic mass is 19.1. The number of para-hydroxylation sites is 1. The number of carbonyl (C=O) groups excluding carboxylic acids is 1. The number of aromatic amines is 1. The van der Waals surface area contributed by atoms with Gasteiger partial charge in [0.2, 0.25) is 5.91 Å². The number of aryl methyl sites for hydroxylation is 1. The Hall–Kier alpha value is -3.30. The molecule has 2 heterocycles. The first kappa shape index (κ1) is 21.9. The summed E-state index contributed by atoms with van der Waals surface area (Å²) in [7, 11) is 0. The number of nitrogens with zero attached hydrogens (tertiary/aromatic N) is 2. The highest BCUT2D eigenvalue weighted by Crippen LogP contribution is 2.21. The fourth-order valence-corrected chi connectivity index (χ4v) is 4.01. The van der Waals surface area contributed by atoms with Gasteiger partial charge in [-0.15, -0.1) is 0 Å². The second-order valence-corrected chi connectivity index (χ2v) is 7.70. The van der Waals surface area contributed by atoms with Crippen molar-refractivity contribution in [2.45, 2.75) is 19.0 Å². The van der Waals surface area contributed by atoms with E-state index in [0.717, 1.165) is 18.7 Å². The summed E-state index contributed by atoms with van der Waals surface area (Å²) in [4.78, 5) is 41.4. The van der Waals surface area contributed by atoms with Crippen LogP contribution in [0.4, 0.5) is 4.39 Å². The summed E-state index contributed by atoms with van der Waals surface area (Å²) >= 11 is 0. The number of halogens is 1. The SMILES string of the molecule is O=C(CCn1c(=O)[nH]c(=O)c2ccccc21)NCC(c1ccc(F)cc1)N1CCOCC1. The molecule has 168 valence electrons. The Morgan fingerprint density at radius 3 is 2.56 bits per heavy atom. The van der Waals surface area contributed by atoms with Gasteiger partial charge >= 0.3 is 5.69 Å². The number of hydrogen-bond acceptors (Lipinski definition) is 5. The van der Waals surface area contributed by atoms with Gasteiger partial charge in [0.1, 0.15) is 5.82 Å². The molecule has 3 aromatic rings. The van der Waals surface area contributed by atoms with Crippen LogP contribution in [-0.2, 0) is 16.1 Å². The monoisotopic (exact) mass is 440 g/mol. The Bertz CT molecular complexity index is 1200. The lowest BCUT2D eigenvalue weighted by Crippen LogP contribution is -2.44. The zero-order chi connectivity index (χ0) is 22.5. The number of nitrogens with one attached hydrogen (secondary N) is 2. The normalized spacial score (nSPS) is 15.5. The minimum Gasteiger partial charge on any atom is -0.379 e. The van der Waals surface area contributed by atoms with Crippen LogP contribution in [0.25, 0.3) is 10.9 Å². The summed E-state index contributed by atoms with van der Waals surface area (Å²) in [5, 5.41) is 3.34. The molecule has 0 radical (unpaired) electrons. The lowest BCUT2D eigenvalue weighted by Gasteiger charge is -2.35. The first-order valence-corrected chi connectivity index (χ1v) is 10.6. The van der Waals surface area contributed by atoms with Gasteiger partial charge in [-0.05, 0) is 29.8 Å². The number of fused-ring (bicyclic) bond motifs is 1. The third kappa shape index (κ3) is 4.95. The van der Waals surface area contributed by atoms with E-state index >= 15 is 0 Å². The van der Waals surface area contributed by atoms with Crippen LogP contribution in [0.5, 0.6) is 0 Å². The van der Waals surface area contributed by atoms with Gasteiger partial charge < -0.3 is 10.1 Å². The van der Waals surface area contributed by atoms with Gasteiger partial charge in [-0.1, -0.05) is 24.3 Å². The van der Waals surface area contributed by atoms with E-state index in [1.54, 1.807) is 36.4 Å². The molecule has 2 aromatic carbocycles. The average molecular weight is 440 g/mol. The molecule has 1 aliphatic rings. The number of benzene rings is 2. The maximum absolute atomic E-state index is 13.4. The summed E-state index contributed by atoms with van der Waals surface area (Å²) in [5.41, 5.74) is 0.418. The van der Waals surface area contributed by atoms with E-state index in [9.17, 15) is 18.8 Å². The number of amides is 1. The topological polar surface area (TPSA) is 96.4 Å². The first-order chi connectivity index (χ1) is 15.5. The van der Waals surface area contributed by atoms with Crippen molar-refractivity contribution in [2.75, 3.05) is 32.8 Å². The number of rotatable bonds is 7. The molecule has 4 rings (SSSR count). The van der Waals surface area contributed by atoms with Crippen molar-refractivity contribution in [1.29, 1.82) is 0 Å². The molecular weight excluding hydrogens is 415 g/mol. The predicted octanol–water partition coefficient (Wildman–Crippen LogP) is 1.41. The molecule has 32 heavy (non-hydrogen) atoms. The number of carbonyl (C=O) groups is 1. The molecule has 9 heteroatoms. The van der Waals surface area contributed by atoms with Crippen molar-refractivity contribution in [3.05, 3.63) is 80.7 Å². The maximum Gasteiger partial charge on any atom is 0.328 e. The van der Waals surface area contributed by atoms with E-state index in [1.807, 2.05) is 0 Å². The van der Waals surface area contributed by atoms with Crippen molar-refractivity contribution in [2.24, 2.45) is 0 Å². The van der Waals surface area contributed by atoms with E-state index in [0.29, 0.717) is 30.7 Å². The number of hydrogen-bond donors (Lipinski definition) is 2. The molecule has 2 N–H and O–H groups in total. The number of morpholine rings is 1. The van der Waals surface area contributed by atoms with Crippen LogP contribution in [0.3, 0.4) is 0 Å². The van der Waals surface area contributed by atoms with Gasteiger partial charge in [0.05, 0.1) is 30.2 Å². The van der Waals surface area contributed by atoms with E-state index in [-0.39, 0.29) is 30.7 Å². The Labute approximate surface area is 183 Å². The van der Waals surface area contributed by atoms with Gasteiger partial charge in [-0.3, -0.25) is 24.0 Å². The molecule has 8 nitrogen and oxygen atoms in total. The average Bonchev–Trinajstić information content (AvgIpc) is 2.81. The fourth-order valence-electron chi connectivity index (χ4n) is 4.01. The maximum atomic E-state index is 13.4. The lowest BCUT2D eigenvalue weighted by atomic mass is 10.0. The Morgan fingerprint density at radius 2 is 1.81 bits per heavy atom. The highest BCUT2D eigenvalue weighted by molar-refractivity contribution is 5.78. The second kappa shape index (κ2) is 9.88. The van der Waals surface area contributed by atoms with Crippen molar-refractivity contribution in [1.82, 2.24) is 19.8 Å². The van der Waals surface area contributed by atoms with Gasteiger partial charge in [0, 0.05) is 32.6 Å². The fraction of sp³-hybridized carbons (Fsp3) is 0.348. The summed E-state index contributed by atoms with van der Waals surface area (Å²) in [6, 6.07) is 13.0. The zero-order valence-electron chi connectivity index (χ0n) is 17.6. The molecule has 1 amide bonds. The van der Waals surface area contributed by atoms with Crippen LogP contribution in [0.1, 0.15) is 18.0 Å². The Kier molecular flexibility index (Phi) is 6.77. The predicted molar refractivity (Wildman–Crippen MR) is 118 cm³/mol. The van der Waals surface area contributed by atoms with Gasteiger partial charge in [0.25, 0.3) is 5.56 Å². The van der Waals surface area contributed by atoms with Crippen LogP contribution in [-0.4, -0.2) is 53.2 Å². The molecule has 0 bridgehead atoms. The number of aromatic nitrogens is 2. The van der Waals surface area contributed by atoms with Crippen LogP contribution < -0.4 is 16.6 Å². The Balaban J connectivity index is 1.44. The second-order valence-electron chi connectivity index (χ2n) is 7.70. The van der Waals surface area contributed by atoms with Crippen LogP contribution in [0.2, 0.25) is 0 Å². The van der Waals surface area contributed by atoms with E-state index in [2.05, 4.69) is 15.2 Å². The summed E-state index contributed by atoms with van der Waals surface area (Å²) < 4.78 is 20.2. The summed E-state index contributed by atoms with van der Waals surface area (Å²) in [6.07, 6.45) is 0.0786. The number of H-pyrrole nitrogens is 1. The highest BCUT2D eigenvalue weighted by Gasteiger charge is 2.23. The minimum absolute atomic E-state index is 0.0786. The van der Waals surface area contributed by atoms with E-state index < -0.39 is 11.2 Å². The molecule has 0 saturated carbocycles. The van der Waals surface area contributed by atoms with Crippen LogP contribution >= 0.6 is 0 Å². The van der Waals surface area contributed by atoms with Gasteiger partial charge in [0.15, 0.2) is 0 Å². The quantitative estimate of drug-likeness (QED) is 0.579. The standard InChI is InChI=1S/C23H25FN4O4/c24-17-7-5-16(6-8-17)20(27-11-13-32-14-12-27)15-25-21(29)9-10-28-19-4-2-1-3-18(19)22(30)26-23(28)31/h1-8,20H,9-15H2,(H,25,29)(H,26,30,31). The molecule has 1 fully saturated rings. The first-order valence-electron chi connectivity index (χ1n) is 10.6. The summed E-state index contributed by atoms with van der Waals surface area (Å²) in [5.74, 6) is -0.523. The Morgan fingerprint density at radius 1 is 1.09 bits per heavy atom. The van der Waals surface area contributed by atoms with E-state index in [1.165, 1.54) is 16.7 Å². The van der Waals surface area contributed by atoms with Crippen LogP contribution in [0.15, 0.2) is 58.1 Å². The summed E-state index contributed by atoms with van der Waals surface area (Å²) in [6.45, 7) is 3.14. The largest absolute Gasteiger partial charge is 0.379 e. The van der Waals surface area contributed by atoms with E-state index in [4.69, 9.17) is 4.74 Å². The molecule has 1 unspecified atom stereocenters. The van der Waals surface area contributed by atoms with Crippen molar-refractivity contribution >= 4 is 16.8 Å². The molecule has 0 spiro atoms. The minimum atomic E-state index is -0.543. The third-order valence-corrected chi connectivity index (χ3v) is 5.70. The number of ether oxygens (including phenoxy) is 1. The smallest absolute Gasteiger partial charge is 0.328 e. The molecule has 1 aliphatic heterocycles. The zero-order valence-corrected chi connectivity index (χ0v) is 17.6. The molecule has 1 atom stereocenters. The van der Waals surface area contributed by atoms with Gasteiger partial charge in [-0.25, -0.2) is 9.18 Å². The van der Waals surface area contributed by atoms with Gasteiger partial charge in [-0.2, -0.15) is 0 Å². The third-order valence-electron chi connectivity index (χ3n) is 5.70. The van der Waals surface area contributed by atoms with Crippen molar-refractivity contribution in [3.63, 3.8) is 0 Å². The molecule has 1 aromatic heterocycles. The lowest BCUT2D eigenvalue weighted by molar-refractivity contribution is -0.121. The van der Waals surface area contributed by atoms with Crippen molar-refractivity contribution < 1.29 is 13.9 Å².